The van der Waals surface area contributed by atoms with E-state index in [0.29, 0.717) is 16.0 Å². The van der Waals surface area contributed by atoms with Gasteiger partial charge in [-0.15, -0.1) is 0 Å². The summed E-state index contributed by atoms with van der Waals surface area (Å²) in [7, 11) is 0. The van der Waals surface area contributed by atoms with E-state index in [9.17, 15) is 0 Å². The number of thioether (sulfide) groups is 1. The molecule has 0 saturated heterocycles. The Morgan fingerprint density at radius 2 is 2.07 bits per heavy atom. The molecule has 82 valence electrons. The first-order chi connectivity index (χ1) is 6.37. The number of rotatable bonds is 4. The number of nitrogens with zero attached hydrogens (tertiary/aromatic N) is 1. The summed E-state index contributed by atoms with van der Waals surface area (Å²) in [5, 5.41) is 11.6. The van der Waals surface area contributed by atoms with Gasteiger partial charge >= 0.3 is 0 Å². The van der Waals surface area contributed by atoms with Gasteiger partial charge in [0.1, 0.15) is 5.84 Å². The van der Waals surface area contributed by atoms with Crippen LogP contribution in [0.25, 0.3) is 0 Å². The fourth-order valence-corrected chi connectivity index (χ4v) is 2.47. The van der Waals surface area contributed by atoms with E-state index >= 15 is 0 Å². The summed E-state index contributed by atoms with van der Waals surface area (Å²) in [5.41, 5.74) is 5.86. The van der Waals surface area contributed by atoms with Crippen LogP contribution in [0.5, 0.6) is 0 Å². The van der Waals surface area contributed by atoms with Crippen LogP contribution < -0.4 is 5.73 Å². The highest BCUT2D eigenvalue weighted by Gasteiger charge is 2.43. The maximum Gasteiger partial charge on any atom is 0.139 e. The second-order valence-electron chi connectivity index (χ2n) is 5.17. The van der Waals surface area contributed by atoms with Gasteiger partial charge in [0, 0.05) is 11.2 Å². The molecule has 1 saturated carbocycles. The van der Waals surface area contributed by atoms with Crippen molar-refractivity contribution in [3.05, 3.63) is 0 Å². The summed E-state index contributed by atoms with van der Waals surface area (Å²) in [6, 6.07) is 0. The second-order valence-corrected chi connectivity index (χ2v) is 6.97. The van der Waals surface area contributed by atoms with Gasteiger partial charge in [0.25, 0.3) is 0 Å². The molecule has 1 aliphatic rings. The maximum absolute atomic E-state index is 8.51. The van der Waals surface area contributed by atoms with Crippen molar-refractivity contribution in [1.82, 2.24) is 0 Å². The summed E-state index contributed by atoms with van der Waals surface area (Å²) in [4.78, 5) is 0. The molecule has 3 nitrogen and oxygen atoms in total. The molecule has 0 heterocycles. The molecule has 1 rings (SSSR count). The highest BCUT2D eigenvalue weighted by molar-refractivity contribution is 8.00. The molecule has 0 aliphatic heterocycles. The monoisotopic (exact) mass is 216 g/mol. The number of amidine groups is 1. The molecule has 0 atom stereocenters. The molecule has 0 aromatic carbocycles. The zero-order valence-electron chi connectivity index (χ0n) is 9.21. The Hall–Kier alpha value is -0.380. The smallest absolute Gasteiger partial charge is 0.139 e. The maximum atomic E-state index is 8.51. The Bertz CT molecular complexity index is 229. The minimum absolute atomic E-state index is 0.306. The van der Waals surface area contributed by atoms with Crippen LogP contribution in [0.3, 0.4) is 0 Å². The van der Waals surface area contributed by atoms with Crippen LogP contribution in [-0.4, -0.2) is 21.5 Å². The SMILES string of the molecule is CC(C)(C)SCC1(CC(N)=NO)CC1. The molecule has 1 aliphatic carbocycles. The van der Waals surface area contributed by atoms with Crippen molar-refractivity contribution in [3.8, 4) is 0 Å². The van der Waals surface area contributed by atoms with Gasteiger partial charge in [-0.1, -0.05) is 25.9 Å². The molecule has 0 radical (unpaired) electrons. The van der Waals surface area contributed by atoms with Crippen molar-refractivity contribution in [2.75, 3.05) is 5.75 Å². The van der Waals surface area contributed by atoms with E-state index in [-0.39, 0.29) is 0 Å². The fourth-order valence-electron chi connectivity index (χ4n) is 1.34. The van der Waals surface area contributed by atoms with Crippen LogP contribution in [0.15, 0.2) is 5.16 Å². The van der Waals surface area contributed by atoms with Crippen LogP contribution >= 0.6 is 11.8 Å². The predicted octanol–water partition coefficient (Wildman–Crippen LogP) is 2.43. The molecule has 0 bridgehead atoms. The normalized spacial score (nSPS) is 20.9. The molecule has 0 spiro atoms. The Morgan fingerprint density at radius 1 is 1.50 bits per heavy atom. The third-order valence-corrected chi connectivity index (χ3v) is 4.08. The first-order valence-corrected chi connectivity index (χ1v) is 5.96. The Morgan fingerprint density at radius 3 is 2.43 bits per heavy atom. The Balaban J connectivity index is 2.37. The van der Waals surface area contributed by atoms with Crippen molar-refractivity contribution >= 4 is 17.6 Å². The van der Waals surface area contributed by atoms with Gasteiger partial charge in [0.2, 0.25) is 0 Å². The van der Waals surface area contributed by atoms with Gasteiger partial charge in [0.15, 0.2) is 0 Å². The third-order valence-electron chi connectivity index (χ3n) is 2.45. The number of hydrogen-bond donors (Lipinski definition) is 2. The van der Waals surface area contributed by atoms with E-state index < -0.39 is 0 Å². The Labute approximate surface area is 90.1 Å². The molecule has 3 N–H and O–H groups in total. The van der Waals surface area contributed by atoms with Crippen molar-refractivity contribution < 1.29 is 5.21 Å². The number of nitrogens with two attached hydrogens (primary N) is 1. The van der Waals surface area contributed by atoms with Crippen molar-refractivity contribution in [2.24, 2.45) is 16.3 Å². The third kappa shape index (κ3) is 3.78. The van der Waals surface area contributed by atoms with Crippen LogP contribution in [0.2, 0.25) is 0 Å². The van der Waals surface area contributed by atoms with Crippen molar-refractivity contribution in [1.29, 1.82) is 0 Å². The molecule has 1 fully saturated rings. The van der Waals surface area contributed by atoms with Crippen LogP contribution in [-0.2, 0) is 0 Å². The molecular formula is C10H20N2OS. The molecule has 0 aromatic rings. The molecule has 4 heteroatoms. The van der Waals surface area contributed by atoms with Gasteiger partial charge < -0.3 is 10.9 Å². The molecule has 0 unspecified atom stereocenters. The fraction of sp³-hybridized carbons (Fsp3) is 0.900. The van der Waals surface area contributed by atoms with E-state index in [4.69, 9.17) is 10.9 Å². The highest BCUT2D eigenvalue weighted by atomic mass is 32.2. The first-order valence-electron chi connectivity index (χ1n) is 4.97. The second kappa shape index (κ2) is 4.01. The molecular weight excluding hydrogens is 196 g/mol. The van der Waals surface area contributed by atoms with E-state index in [1.165, 1.54) is 12.8 Å². The van der Waals surface area contributed by atoms with Crippen LogP contribution in [0.1, 0.15) is 40.0 Å². The van der Waals surface area contributed by atoms with Gasteiger partial charge in [-0.25, -0.2) is 0 Å². The Kier molecular flexibility index (Phi) is 3.35. The lowest BCUT2D eigenvalue weighted by atomic mass is 10.1. The standard InChI is InChI=1S/C10H20N2OS/c1-9(2,3)14-7-10(4-5-10)6-8(11)12-13/h13H,4-7H2,1-3H3,(H2,11,12). The summed E-state index contributed by atoms with van der Waals surface area (Å²) < 4.78 is 0.306. The van der Waals surface area contributed by atoms with Crippen molar-refractivity contribution in [2.45, 2.75) is 44.8 Å². The van der Waals surface area contributed by atoms with Crippen LogP contribution in [0, 0.1) is 5.41 Å². The number of oxime groups is 1. The lowest BCUT2D eigenvalue weighted by Gasteiger charge is -2.22. The number of hydrogen-bond acceptors (Lipinski definition) is 3. The van der Waals surface area contributed by atoms with Gasteiger partial charge in [-0.3, -0.25) is 0 Å². The molecule has 0 aromatic heterocycles. The lowest BCUT2D eigenvalue weighted by molar-refractivity contribution is 0.315. The molecule has 0 amide bonds. The summed E-state index contributed by atoms with van der Waals surface area (Å²) in [5.74, 6) is 1.49. The average molecular weight is 216 g/mol. The van der Waals surface area contributed by atoms with Gasteiger partial charge in [-0.2, -0.15) is 11.8 Å². The highest BCUT2D eigenvalue weighted by Crippen LogP contribution is 2.52. The summed E-state index contributed by atoms with van der Waals surface area (Å²) in [6.07, 6.45) is 3.17. The largest absolute Gasteiger partial charge is 0.409 e. The zero-order chi connectivity index (χ0) is 10.8. The minimum atomic E-state index is 0.306. The van der Waals surface area contributed by atoms with Gasteiger partial charge in [0.05, 0.1) is 0 Å². The van der Waals surface area contributed by atoms with E-state index in [1.54, 1.807) is 0 Å². The lowest BCUT2D eigenvalue weighted by Crippen LogP contribution is -2.21. The quantitative estimate of drug-likeness (QED) is 0.328. The summed E-state index contributed by atoms with van der Waals surface area (Å²) in [6.45, 7) is 6.66. The van der Waals surface area contributed by atoms with E-state index in [0.717, 1.165) is 12.2 Å². The van der Waals surface area contributed by atoms with Gasteiger partial charge in [-0.05, 0) is 24.0 Å². The van der Waals surface area contributed by atoms with Crippen LogP contribution in [0.4, 0.5) is 0 Å². The van der Waals surface area contributed by atoms with E-state index in [1.807, 2.05) is 11.8 Å². The average Bonchev–Trinajstić information content (AvgIpc) is 2.81. The zero-order valence-corrected chi connectivity index (χ0v) is 10.0. The van der Waals surface area contributed by atoms with E-state index in [2.05, 4.69) is 25.9 Å². The predicted molar refractivity (Wildman–Crippen MR) is 61.9 cm³/mol. The summed E-state index contributed by atoms with van der Waals surface area (Å²) >= 11 is 1.96. The molecule has 14 heavy (non-hydrogen) atoms. The minimum Gasteiger partial charge on any atom is -0.409 e. The first kappa shape index (κ1) is 11.7. The topological polar surface area (TPSA) is 58.6 Å². The van der Waals surface area contributed by atoms with Crippen molar-refractivity contribution in [3.63, 3.8) is 0 Å².